The van der Waals surface area contributed by atoms with Crippen LogP contribution in [0.5, 0.6) is 0 Å². The van der Waals surface area contributed by atoms with Crippen molar-refractivity contribution < 1.29 is 0 Å². The lowest BCUT2D eigenvalue weighted by atomic mass is 9.87. The van der Waals surface area contributed by atoms with E-state index < -0.39 is 0 Å². The Kier molecular flexibility index (Phi) is 4.61. The number of benzene rings is 1. The molecule has 2 rings (SSSR count). The summed E-state index contributed by atoms with van der Waals surface area (Å²) in [5, 5.41) is 4.95. The molecule has 0 aliphatic heterocycles. The average Bonchev–Trinajstić information content (AvgIpc) is 2.83. The number of hydrogen-bond acceptors (Lipinski definition) is 2. The van der Waals surface area contributed by atoms with Crippen LogP contribution in [0.2, 0.25) is 5.02 Å². The van der Waals surface area contributed by atoms with Gasteiger partial charge in [-0.05, 0) is 35.1 Å². The minimum absolute atomic E-state index is 0.235. The molecule has 0 saturated heterocycles. The van der Waals surface area contributed by atoms with E-state index in [-0.39, 0.29) is 5.41 Å². The summed E-state index contributed by atoms with van der Waals surface area (Å²) in [7, 11) is 0. The monoisotopic (exact) mass is 289 g/mol. The molecule has 1 heterocycles. The fraction of sp³-hybridized carbons (Fsp3) is 0.375. The van der Waals surface area contributed by atoms with Crippen LogP contribution in [-0.2, 0) is 6.54 Å². The molecular formula is C16H20ClN3. The highest BCUT2D eigenvalue weighted by atomic mass is 35.5. The Labute approximate surface area is 125 Å². The standard InChI is InChI=1S/C16H20ClN3/c1-16(2,3)9-14(10-20-12-18-11-19-20)8-13-4-6-15(17)7-5-13/h4-8,11-12H,9-10H2,1-3H3/b14-8-. The van der Waals surface area contributed by atoms with Gasteiger partial charge in [0.15, 0.2) is 0 Å². The Hall–Kier alpha value is -1.61. The van der Waals surface area contributed by atoms with Crippen LogP contribution in [0.3, 0.4) is 0 Å². The van der Waals surface area contributed by atoms with E-state index in [1.54, 1.807) is 12.7 Å². The molecule has 0 saturated carbocycles. The zero-order chi connectivity index (χ0) is 14.6. The van der Waals surface area contributed by atoms with Crippen LogP contribution in [0.15, 0.2) is 42.5 Å². The Morgan fingerprint density at radius 1 is 1.25 bits per heavy atom. The molecule has 0 fully saturated rings. The lowest BCUT2D eigenvalue weighted by Crippen LogP contribution is -2.11. The smallest absolute Gasteiger partial charge is 0.137 e. The number of hydrogen-bond donors (Lipinski definition) is 0. The van der Waals surface area contributed by atoms with Gasteiger partial charge in [-0.1, -0.05) is 50.6 Å². The lowest BCUT2D eigenvalue weighted by Gasteiger charge is -2.20. The SMILES string of the molecule is CC(C)(C)C/C(=C/c1ccc(Cl)cc1)Cn1cncn1. The predicted octanol–water partition coefficient (Wildman–Crippen LogP) is 4.45. The topological polar surface area (TPSA) is 30.7 Å². The molecule has 0 atom stereocenters. The van der Waals surface area contributed by atoms with Gasteiger partial charge in [-0.15, -0.1) is 0 Å². The van der Waals surface area contributed by atoms with Gasteiger partial charge in [-0.25, -0.2) is 9.67 Å². The summed E-state index contributed by atoms with van der Waals surface area (Å²) in [5.41, 5.74) is 2.72. The minimum Gasteiger partial charge on any atom is -0.249 e. The second kappa shape index (κ2) is 6.23. The van der Waals surface area contributed by atoms with E-state index in [9.17, 15) is 0 Å². The first-order valence-electron chi connectivity index (χ1n) is 6.70. The van der Waals surface area contributed by atoms with Gasteiger partial charge in [0.1, 0.15) is 12.7 Å². The van der Waals surface area contributed by atoms with Crippen LogP contribution in [-0.4, -0.2) is 14.8 Å². The van der Waals surface area contributed by atoms with Crippen molar-refractivity contribution in [2.24, 2.45) is 5.41 Å². The molecule has 1 aromatic heterocycles. The van der Waals surface area contributed by atoms with Crippen molar-refractivity contribution in [1.29, 1.82) is 0 Å². The molecular weight excluding hydrogens is 270 g/mol. The maximum Gasteiger partial charge on any atom is 0.137 e. The molecule has 0 unspecified atom stereocenters. The Morgan fingerprint density at radius 3 is 2.50 bits per heavy atom. The van der Waals surface area contributed by atoms with Crippen LogP contribution < -0.4 is 0 Å². The van der Waals surface area contributed by atoms with Crippen LogP contribution in [0, 0.1) is 5.41 Å². The molecule has 4 heteroatoms. The lowest BCUT2D eigenvalue weighted by molar-refractivity contribution is 0.400. The number of nitrogens with zero attached hydrogens (tertiary/aromatic N) is 3. The van der Waals surface area contributed by atoms with Gasteiger partial charge in [0, 0.05) is 5.02 Å². The largest absolute Gasteiger partial charge is 0.249 e. The molecule has 0 aliphatic rings. The molecule has 20 heavy (non-hydrogen) atoms. The van der Waals surface area contributed by atoms with E-state index in [1.807, 2.05) is 28.9 Å². The van der Waals surface area contributed by atoms with E-state index in [0.717, 1.165) is 23.6 Å². The maximum atomic E-state index is 5.93. The Balaban J connectivity index is 2.23. The third kappa shape index (κ3) is 4.82. The average molecular weight is 290 g/mol. The van der Waals surface area contributed by atoms with Gasteiger partial charge >= 0.3 is 0 Å². The normalized spacial score (nSPS) is 12.7. The highest BCUT2D eigenvalue weighted by Gasteiger charge is 2.14. The first kappa shape index (κ1) is 14.8. The molecule has 2 aromatic rings. The summed E-state index contributed by atoms with van der Waals surface area (Å²) in [5.74, 6) is 0. The molecule has 0 radical (unpaired) electrons. The van der Waals surface area contributed by atoms with Crippen molar-refractivity contribution in [3.63, 3.8) is 0 Å². The number of rotatable bonds is 4. The number of halogens is 1. The highest BCUT2D eigenvalue weighted by Crippen LogP contribution is 2.26. The molecule has 0 aliphatic carbocycles. The molecule has 0 spiro atoms. The Bertz CT molecular complexity index is 563. The van der Waals surface area contributed by atoms with Crippen molar-refractivity contribution in [2.45, 2.75) is 33.7 Å². The van der Waals surface area contributed by atoms with Crippen molar-refractivity contribution in [2.75, 3.05) is 0 Å². The van der Waals surface area contributed by atoms with Crippen LogP contribution in [0.4, 0.5) is 0 Å². The van der Waals surface area contributed by atoms with E-state index in [4.69, 9.17) is 11.6 Å². The van der Waals surface area contributed by atoms with Gasteiger partial charge in [0.25, 0.3) is 0 Å². The summed E-state index contributed by atoms with van der Waals surface area (Å²) in [4.78, 5) is 4.00. The summed E-state index contributed by atoms with van der Waals surface area (Å²) < 4.78 is 1.85. The van der Waals surface area contributed by atoms with Gasteiger partial charge in [-0.3, -0.25) is 0 Å². The fourth-order valence-electron chi connectivity index (χ4n) is 2.15. The first-order chi connectivity index (χ1) is 9.42. The second-order valence-electron chi connectivity index (χ2n) is 6.18. The second-order valence-corrected chi connectivity index (χ2v) is 6.62. The number of aromatic nitrogens is 3. The predicted molar refractivity (Wildman–Crippen MR) is 83.5 cm³/mol. The summed E-state index contributed by atoms with van der Waals surface area (Å²) in [6.07, 6.45) is 6.54. The zero-order valence-corrected chi connectivity index (χ0v) is 12.9. The van der Waals surface area contributed by atoms with Gasteiger partial charge in [0.05, 0.1) is 6.54 Å². The van der Waals surface area contributed by atoms with E-state index in [1.165, 1.54) is 5.57 Å². The third-order valence-electron chi connectivity index (χ3n) is 2.83. The van der Waals surface area contributed by atoms with Crippen molar-refractivity contribution >= 4 is 17.7 Å². The van der Waals surface area contributed by atoms with Gasteiger partial charge < -0.3 is 0 Å². The van der Waals surface area contributed by atoms with E-state index in [2.05, 4.69) is 36.9 Å². The summed E-state index contributed by atoms with van der Waals surface area (Å²) in [6.45, 7) is 7.48. The summed E-state index contributed by atoms with van der Waals surface area (Å²) in [6, 6.07) is 7.90. The van der Waals surface area contributed by atoms with Gasteiger partial charge in [0.2, 0.25) is 0 Å². The number of allylic oxidation sites excluding steroid dienone is 1. The zero-order valence-electron chi connectivity index (χ0n) is 12.2. The molecule has 0 bridgehead atoms. The van der Waals surface area contributed by atoms with Gasteiger partial charge in [-0.2, -0.15) is 5.10 Å². The highest BCUT2D eigenvalue weighted by molar-refractivity contribution is 6.30. The first-order valence-corrected chi connectivity index (χ1v) is 7.08. The molecule has 3 nitrogen and oxygen atoms in total. The van der Waals surface area contributed by atoms with E-state index in [0.29, 0.717) is 0 Å². The van der Waals surface area contributed by atoms with Crippen molar-refractivity contribution in [3.05, 3.63) is 53.1 Å². The van der Waals surface area contributed by atoms with Crippen molar-refractivity contribution in [3.8, 4) is 0 Å². The van der Waals surface area contributed by atoms with Crippen LogP contribution in [0.25, 0.3) is 6.08 Å². The van der Waals surface area contributed by atoms with E-state index >= 15 is 0 Å². The molecule has 1 aromatic carbocycles. The molecule has 0 amide bonds. The maximum absolute atomic E-state index is 5.93. The molecule has 106 valence electrons. The van der Waals surface area contributed by atoms with Crippen LogP contribution in [0.1, 0.15) is 32.8 Å². The van der Waals surface area contributed by atoms with Crippen LogP contribution >= 0.6 is 11.6 Å². The third-order valence-corrected chi connectivity index (χ3v) is 3.08. The molecule has 0 N–H and O–H groups in total. The van der Waals surface area contributed by atoms with Crippen molar-refractivity contribution in [1.82, 2.24) is 14.8 Å². The summed E-state index contributed by atoms with van der Waals surface area (Å²) >= 11 is 5.93. The fourth-order valence-corrected chi connectivity index (χ4v) is 2.28. The quantitative estimate of drug-likeness (QED) is 0.832. The minimum atomic E-state index is 0.235. The Morgan fingerprint density at radius 2 is 1.95 bits per heavy atom.